The lowest BCUT2D eigenvalue weighted by Gasteiger charge is -2.17. The fourth-order valence-corrected chi connectivity index (χ4v) is 2.95. The first kappa shape index (κ1) is 24.3. The van der Waals surface area contributed by atoms with Crippen molar-refractivity contribution in [3.8, 4) is 5.88 Å². The van der Waals surface area contributed by atoms with Gasteiger partial charge >= 0.3 is 12.1 Å². The Morgan fingerprint density at radius 3 is 2.56 bits per heavy atom. The number of hydrogen-bond donors (Lipinski definition) is 4. The summed E-state index contributed by atoms with van der Waals surface area (Å²) in [6.45, 7) is 6.82. The summed E-state index contributed by atoms with van der Waals surface area (Å²) < 4.78 is 46.8. The van der Waals surface area contributed by atoms with Crippen molar-refractivity contribution in [1.82, 2.24) is 9.97 Å². The Bertz CT molecular complexity index is 1250. The predicted octanol–water partition coefficient (Wildman–Crippen LogP) is 4.26. The van der Waals surface area contributed by atoms with Gasteiger partial charge in [0, 0.05) is 16.5 Å². The van der Waals surface area contributed by atoms with Crippen LogP contribution >= 0.6 is 0 Å². The van der Waals surface area contributed by atoms with Gasteiger partial charge < -0.3 is 20.7 Å². The van der Waals surface area contributed by atoms with Crippen molar-refractivity contribution in [2.75, 3.05) is 23.1 Å². The molecule has 3 aromatic rings. The first-order chi connectivity index (χ1) is 16.0. The van der Waals surface area contributed by atoms with Gasteiger partial charge in [0.05, 0.1) is 30.2 Å². The lowest BCUT2D eigenvalue weighted by atomic mass is 10.1. The zero-order valence-electron chi connectivity index (χ0n) is 18.5. The highest BCUT2D eigenvalue weighted by Gasteiger charge is 2.35. The van der Waals surface area contributed by atoms with Gasteiger partial charge in [-0.05, 0) is 37.6 Å². The van der Waals surface area contributed by atoms with Crippen LogP contribution in [0.5, 0.6) is 5.88 Å². The number of nitrogens with zero attached hydrogens (tertiary/aromatic N) is 3. The summed E-state index contributed by atoms with van der Waals surface area (Å²) in [5.74, 6) is -1.11. The molecule has 178 valence electrons. The van der Waals surface area contributed by atoms with E-state index >= 15 is 0 Å². The number of aromatic nitrogens is 3. The van der Waals surface area contributed by atoms with E-state index in [0.717, 1.165) is 16.4 Å². The van der Waals surface area contributed by atoms with Crippen molar-refractivity contribution in [1.29, 1.82) is 0 Å². The highest BCUT2D eigenvalue weighted by atomic mass is 19.4. The van der Waals surface area contributed by atoms with Crippen molar-refractivity contribution in [3.63, 3.8) is 0 Å². The van der Waals surface area contributed by atoms with Crippen molar-refractivity contribution < 1.29 is 32.6 Å². The molecule has 3 rings (SSSR count). The lowest BCUT2D eigenvalue weighted by molar-refractivity contribution is -0.906. The number of methoxy groups -OCH3 is 1. The van der Waals surface area contributed by atoms with Crippen molar-refractivity contribution in [2.24, 2.45) is 0 Å². The molecule has 0 aliphatic rings. The number of alkyl halides is 3. The van der Waals surface area contributed by atoms with E-state index in [9.17, 15) is 23.2 Å². The number of carbonyl (C=O) groups excluding carboxylic acids is 1. The van der Waals surface area contributed by atoms with Crippen LogP contribution in [-0.4, -0.2) is 28.2 Å². The molecule has 1 amide bonds. The van der Waals surface area contributed by atoms with Gasteiger partial charge in [-0.3, -0.25) is 10.0 Å². The molecule has 0 bridgehead atoms. The number of pyridine rings is 1. The summed E-state index contributed by atoms with van der Waals surface area (Å²) >= 11 is 0. The normalized spacial score (nSPS) is 11.0. The first-order valence-electron chi connectivity index (χ1n) is 9.83. The number of carbonyl (C=O) groups is 1. The van der Waals surface area contributed by atoms with Gasteiger partial charge in [0.25, 0.3) is 0 Å². The molecule has 0 spiro atoms. The molecule has 0 atom stereocenters. The van der Waals surface area contributed by atoms with Crippen molar-refractivity contribution in [2.45, 2.75) is 20.0 Å². The summed E-state index contributed by atoms with van der Waals surface area (Å²) in [6, 6.07) is 6.23. The fourth-order valence-electron chi connectivity index (χ4n) is 2.95. The maximum Gasteiger partial charge on any atom is 0.421 e. The van der Waals surface area contributed by atoms with Gasteiger partial charge in [0.1, 0.15) is 11.4 Å². The first-order valence-corrected chi connectivity index (χ1v) is 9.83. The number of amides is 1. The van der Waals surface area contributed by atoms with Crippen LogP contribution in [0.3, 0.4) is 0 Å². The third-order valence-corrected chi connectivity index (χ3v) is 4.66. The van der Waals surface area contributed by atoms with E-state index in [1.807, 2.05) is 0 Å². The summed E-state index contributed by atoms with van der Waals surface area (Å²) in [5.41, 5.74) is 1.07. The molecule has 0 saturated heterocycles. The van der Waals surface area contributed by atoms with Crippen LogP contribution in [0, 0.1) is 13.8 Å². The maximum absolute atomic E-state index is 13.7. The summed E-state index contributed by atoms with van der Waals surface area (Å²) in [4.78, 5) is 19.6. The Morgan fingerprint density at radius 2 is 1.91 bits per heavy atom. The number of aryl methyl sites for hydroxylation is 2. The van der Waals surface area contributed by atoms with Gasteiger partial charge in [0.2, 0.25) is 18.1 Å². The molecule has 0 fully saturated rings. The van der Waals surface area contributed by atoms with Crippen molar-refractivity contribution >= 4 is 34.7 Å². The second kappa shape index (κ2) is 9.65. The molecule has 2 heterocycles. The zero-order chi connectivity index (χ0) is 25.0. The number of halogens is 3. The highest BCUT2D eigenvalue weighted by molar-refractivity contribution is 6.01. The monoisotopic (exact) mass is 475 g/mol. The second-order valence-electron chi connectivity index (χ2n) is 7.20. The average molecular weight is 475 g/mol. The fraction of sp³-hybridized carbons (Fsp3) is 0.182. The summed E-state index contributed by atoms with van der Waals surface area (Å²) in [7, 11) is 1.35. The third kappa shape index (κ3) is 5.52. The third-order valence-electron chi connectivity index (χ3n) is 4.66. The van der Waals surface area contributed by atoms with Crippen LogP contribution in [0.1, 0.15) is 16.7 Å². The molecule has 2 aromatic heterocycles. The summed E-state index contributed by atoms with van der Waals surface area (Å²) in [6.07, 6.45) is -1.70. The van der Waals surface area contributed by atoms with E-state index in [2.05, 4.69) is 32.5 Å². The molecule has 4 N–H and O–H groups in total. The van der Waals surface area contributed by atoms with Crippen LogP contribution < -0.4 is 25.4 Å². The second-order valence-corrected chi connectivity index (χ2v) is 7.20. The van der Waals surface area contributed by atoms with E-state index in [0.29, 0.717) is 17.4 Å². The Hall–Kier alpha value is -4.35. The number of rotatable bonds is 7. The van der Waals surface area contributed by atoms with E-state index < -0.39 is 23.5 Å². The molecule has 0 unspecified atom stereocenters. The van der Waals surface area contributed by atoms with E-state index in [1.165, 1.54) is 25.4 Å². The Labute approximate surface area is 192 Å². The molecule has 12 heteroatoms. The van der Waals surface area contributed by atoms with Gasteiger partial charge in [0.15, 0.2) is 0 Å². The highest BCUT2D eigenvalue weighted by Crippen LogP contribution is 2.37. The number of hydrogen-bond acceptors (Lipinski definition) is 7. The molecule has 0 aliphatic carbocycles. The molecule has 34 heavy (non-hydrogen) atoms. The van der Waals surface area contributed by atoms with E-state index in [-0.39, 0.29) is 23.2 Å². The summed E-state index contributed by atoms with van der Waals surface area (Å²) in [5, 5.41) is 17.8. The van der Waals surface area contributed by atoms with E-state index in [1.54, 1.807) is 26.0 Å². The molecule has 0 saturated carbocycles. The van der Waals surface area contributed by atoms with Gasteiger partial charge in [-0.2, -0.15) is 18.2 Å². The van der Waals surface area contributed by atoms with Gasteiger partial charge in [-0.1, -0.05) is 12.6 Å². The maximum atomic E-state index is 13.7. The molecule has 9 nitrogen and oxygen atoms in total. The Morgan fingerprint density at radius 1 is 1.18 bits per heavy atom. The Balaban J connectivity index is 2.03. The number of benzene rings is 1. The van der Waals surface area contributed by atoms with Crippen molar-refractivity contribution in [3.05, 3.63) is 66.0 Å². The Kier molecular flexibility index (Phi) is 6.89. The number of anilines is 5. The average Bonchev–Trinajstić information content (AvgIpc) is 2.76. The quantitative estimate of drug-likeness (QED) is 0.230. The van der Waals surface area contributed by atoms with Crippen LogP contribution in [0.25, 0.3) is 0 Å². The number of nitrogens with one attached hydrogen (secondary N) is 3. The van der Waals surface area contributed by atoms with Crippen LogP contribution in [0.4, 0.5) is 42.0 Å². The van der Waals surface area contributed by atoms with Gasteiger partial charge in [-0.25, -0.2) is 4.98 Å². The van der Waals surface area contributed by atoms with Crippen LogP contribution in [0.15, 0.2) is 49.3 Å². The predicted molar refractivity (Wildman–Crippen MR) is 119 cm³/mol. The lowest BCUT2D eigenvalue weighted by Crippen LogP contribution is -2.32. The van der Waals surface area contributed by atoms with Crippen LogP contribution in [0.2, 0.25) is 0 Å². The zero-order valence-corrected chi connectivity index (χ0v) is 18.5. The minimum atomic E-state index is -4.75. The van der Waals surface area contributed by atoms with Crippen LogP contribution in [-0.2, 0) is 11.0 Å². The van der Waals surface area contributed by atoms with E-state index in [4.69, 9.17) is 4.74 Å². The number of ether oxygens (including phenoxy) is 1. The molecular formula is C22H22F3N6O3+. The molecule has 0 radical (unpaired) electrons. The standard InChI is InChI=1S/C22H21F3N6O3/c1-5-18(32)27-17-8-12(2)6-7-15(17)28-20-14(22(23,24)25)10-26-21(30-20)29-16-9-19(34-4)31(33)11-13(16)3/h5-11,33H,1H2,2-4H3,(H2,26,27,28,30,32)/p+1. The van der Waals surface area contributed by atoms with Gasteiger partial charge in [-0.15, -0.1) is 0 Å². The largest absolute Gasteiger partial charge is 0.445 e. The molecular weight excluding hydrogens is 453 g/mol. The minimum Gasteiger partial charge on any atom is -0.445 e. The SMILES string of the molecule is C=CC(=O)Nc1cc(C)ccc1Nc1nc(Nc2cc(OC)[n+](O)cc2C)ncc1C(F)(F)F. The molecule has 1 aromatic carbocycles. The molecule has 0 aliphatic heterocycles. The topological polar surface area (TPSA) is 112 Å². The minimum absolute atomic E-state index is 0.0839. The smallest absolute Gasteiger partial charge is 0.421 e.